The summed E-state index contributed by atoms with van der Waals surface area (Å²) in [6, 6.07) is 7.04. The van der Waals surface area contributed by atoms with Crippen LogP contribution >= 0.6 is 11.3 Å². The van der Waals surface area contributed by atoms with Gasteiger partial charge in [-0.2, -0.15) is 8.78 Å². The number of halogens is 2. The summed E-state index contributed by atoms with van der Waals surface area (Å²) in [6.45, 7) is 0. The molecule has 0 fully saturated rings. The summed E-state index contributed by atoms with van der Waals surface area (Å²) in [6.07, 6.45) is 0. The molecule has 0 saturated carbocycles. The first kappa shape index (κ1) is 15.9. The van der Waals surface area contributed by atoms with Gasteiger partial charge in [0.1, 0.15) is 4.21 Å². The van der Waals surface area contributed by atoms with Gasteiger partial charge in [0.15, 0.2) is 0 Å². The molecule has 1 aromatic carbocycles. The smallest absolute Gasteiger partial charge is 0.279 e. The fourth-order valence-electron chi connectivity index (χ4n) is 1.44. The number of sulfonamides is 1. The predicted octanol–water partition coefficient (Wildman–Crippen LogP) is 2.55. The van der Waals surface area contributed by atoms with Crippen molar-refractivity contribution in [1.82, 2.24) is 0 Å². The zero-order chi connectivity index (χ0) is 15.7. The Hall–Kier alpha value is -1.52. The second-order valence-corrected chi connectivity index (χ2v) is 8.64. The minimum atomic E-state index is -4.69. The molecule has 1 N–H and O–H groups in total. The number of nitrogens with one attached hydrogen (secondary N) is 1. The lowest BCUT2D eigenvalue weighted by molar-refractivity contribution is 0.234. The van der Waals surface area contributed by atoms with E-state index in [1.165, 1.54) is 6.07 Å². The van der Waals surface area contributed by atoms with Crippen molar-refractivity contribution in [3.63, 3.8) is 0 Å². The van der Waals surface area contributed by atoms with Gasteiger partial charge in [-0.15, -0.1) is 11.3 Å². The van der Waals surface area contributed by atoms with Crippen LogP contribution in [0.2, 0.25) is 0 Å². The number of anilines is 1. The van der Waals surface area contributed by atoms with E-state index in [-0.39, 0.29) is 9.90 Å². The van der Waals surface area contributed by atoms with E-state index in [1.54, 1.807) is 11.4 Å². The van der Waals surface area contributed by atoms with Crippen LogP contribution in [-0.4, -0.2) is 22.6 Å². The maximum absolute atomic E-state index is 12.4. The summed E-state index contributed by atoms with van der Waals surface area (Å²) in [5.74, 6) is -3.52. The average molecular weight is 353 g/mol. The van der Waals surface area contributed by atoms with Crippen LogP contribution < -0.4 is 4.72 Å². The Bertz CT molecular complexity index is 813. The van der Waals surface area contributed by atoms with Crippen molar-refractivity contribution in [1.29, 1.82) is 0 Å². The molecule has 5 nitrogen and oxygen atoms in total. The highest BCUT2D eigenvalue weighted by Gasteiger charge is 2.26. The van der Waals surface area contributed by atoms with Crippen molar-refractivity contribution < 1.29 is 25.6 Å². The lowest BCUT2D eigenvalue weighted by Crippen LogP contribution is -2.13. The van der Waals surface area contributed by atoms with Crippen molar-refractivity contribution in [3.8, 4) is 0 Å². The molecule has 0 spiro atoms. The van der Waals surface area contributed by atoms with Gasteiger partial charge in [0.2, 0.25) is 9.84 Å². The fraction of sp³-hybridized carbons (Fsp3) is 0.0909. The normalized spacial score (nSPS) is 12.5. The summed E-state index contributed by atoms with van der Waals surface area (Å²) >= 11 is 1.01. The molecule has 0 unspecified atom stereocenters. The topological polar surface area (TPSA) is 80.3 Å². The number of rotatable bonds is 5. The van der Waals surface area contributed by atoms with Crippen molar-refractivity contribution >= 4 is 36.9 Å². The van der Waals surface area contributed by atoms with Gasteiger partial charge in [0.25, 0.3) is 10.0 Å². The van der Waals surface area contributed by atoms with Crippen LogP contribution in [0, 0.1) is 0 Å². The molecule has 2 aromatic rings. The molecule has 0 aliphatic carbocycles. The van der Waals surface area contributed by atoms with Crippen molar-refractivity contribution in [2.45, 2.75) is 14.9 Å². The summed E-state index contributed by atoms with van der Waals surface area (Å²) in [4.78, 5) is -0.573. The van der Waals surface area contributed by atoms with Gasteiger partial charge in [-0.25, -0.2) is 16.8 Å². The SMILES string of the molecule is O=S(=O)(Nc1ccc(S(=O)(=O)C(F)F)cc1)c1cccs1. The van der Waals surface area contributed by atoms with E-state index in [0.717, 1.165) is 35.6 Å². The maximum atomic E-state index is 12.4. The number of hydrogen-bond acceptors (Lipinski definition) is 5. The largest absolute Gasteiger partial charge is 0.341 e. The molecule has 0 amide bonds. The second-order valence-electron chi connectivity index (χ2n) is 3.87. The zero-order valence-corrected chi connectivity index (χ0v) is 12.7. The first-order valence-electron chi connectivity index (χ1n) is 5.42. The molecule has 2 rings (SSSR count). The predicted molar refractivity (Wildman–Crippen MR) is 74.8 cm³/mol. The third-order valence-corrected chi connectivity index (χ3v) is 6.61. The monoisotopic (exact) mass is 353 g/mol. The Labute approximate surface area is 124 Å². The van der Waals surface area contributed by atoms with Crippen molar-refractivity contribution in [3.05, 3.63) is 41.8 Å². The van der Waals surface area contributed by atoms with Crippen LogP contribution in [-0.2, 0) is 19.9 Å². The number of hydrogen-bond donors (Lipinski definition) is 1. The molecule has 0 atom stereocenters. The van der Waals surface area contributed by atoms with E-state index < -0.39 is 30.5 Å². The van der Waals surface area contributed by atoms with Gasteiger partial charge in [-0.1, -0.05) is 6.07 Å². The van der Waals surface area contributed by atoms with Crippen LogP contribution in [0.3, 0.4) is 0 Å². The van der Waals surface area contributed by atoms with E-state index in [4.69, 9.17) is 0 Å². The standard InChI is InChI=1S/C11H9F2NO4S3/c12-11(13)20(15,16)9-5-3-8(4-6-9)14-21(17,18)10-2-1-7-19-10/h1-7,11,14H. The Morgan fingerprint density at radius 2 is 1.62 bits per heavy atom. The molecule has 0 aliphatic rings. The first-order valence-corrected chi connectivity index (χ1v) is 9.33. The van der Waals surface area contributed by atoms with Crippen LogP contribution in [0.5, 0.6) is 0 Å². The quantitative estimate of drug-likeness (QED) is 0.896. The Kier molecular flexibility index (Phi) is 4.30. The molecular formula is C11H9F2NO4S3. The maximum Gasteiger partial charge on any atom is 0.341 e. The van der Waals surface area contributed by atoms with Gasteiger partial charge in [-0.3, -0.25) is 4.72 Å². The van der Waals surface area contributed by atoms with Gasteiger partial charge in [-0.05, 0) is 35.7 Å². The van der Waals surface area contributed by atoms with Gasteiger partial charge >= 0.3 is 5.76 Å². The zero-order valence-electron chi connectivity index (χ0n) is 10.2. The summed E-state index contributed by atoms with van der Waals surface area (Å²) in [5, 5.41) is 1.59. The minimum absolute atomic E-state index is 0.0802. The van der Waals surface area contributed by atoms with E-state index in [1.807, 2.05) is 0 Å². The summed E-state index contributed by atoms with van der Waals surface area (Å²) in [7, 11) is -8.45. The van der Waals surface area contributed by atoms with E-state index >= 15 is 0 Å². The van der Waals surface area contributed by atoms with Gasteiger partial charge in [0.05, 0.1) is 4.90 Å². The van der Waals surface area contributed by atoms with Gasteiger partial charge < -0.3 is 0 Å². The van der Waals surface area contributed by atoms with Crippen LogP contribution in [0.4, 0.5) is 14.5 Å². The number of benzene rings is 1. The molecule has 0 aliphatic heterocycles. The third-order valence-electron chi connectivity index (χ3n) is 2.43. The Balaban J connectivity index is 2.25. The fourth-order valence-corrected chi connectivity index (χ4v) is 4.21. The van der Waals surface area contributed by atoms with Crippen LogP contribution in [0.1, 0.15) is 0 Å². The molecule has 1 heterocycles. The van der Waals surface area contributed by atoms with Gasteiger partial charge in [0, 0.05) is 5.69 Å². The summed E-state index contributed by atoms with van der Waals surface area (Å²) < 4.78 is 73.3. The molecule has 0 saturated heterocycles. The molecule has 1 aromatic heterocycles. The molecule has 10 heteroatoms. The minimum Gasteiger partial charge on any atom is -0.279 e. The highest BCUT2D eigenvalue weighted by atomic mass is 32.2. The highest BCUT2D eigenvalue weighted by Crippen LogP contribution is 2.23. The molecule has 0 bridgehead atoms. The Morgan fingerprint density at radius 3 is 2.10 bits per heavy atom. The average Bonchev–Trinajstić information content (AvgIpc) is 2.93. The van der Waals surface area contributed by atoms with Crippen LogP contribution in [0.25, 0.3) is 0 Å². The van der Waals surface area contributed by atoms with E-state index in [2.05, 4.69) is 4.72 Å². The van der Waals surface area contributed by atoms with Crippen LogP contribution in [0.15, 0.2) is 50.9 Å². The summed E-state index contributed by atoms with van der Waals surface area (Å²) in [5.41, 5.74) is 0.0802. The molecule has 0 radical (unpaired) electrons. The van der Waals surface area contributed by atoms with E-state index in [9.17, 15) is 25.6 Å². The molecule has 114 valence electrons. The lowest BCUT2D eigenvalue weighted by Gasteiger charge is -2.07. The van der Waals surface area contributed by atoms with Crippen molar-refractivity contribution in [2.24, 2.45) is 0 Å². The first-order chi connectivity index (χ1) is 9.73. The molecule has 21 heavy (non-hydrogen) atoms. The Morgan fingerprint density at radius 1 is 1.00 bits per heavy atom. The molecular weight excluding hydrogens is 344 g/mol. The lowest BCUT2D eigenvalue weighted by atomic mass is 10.3. The highest BCUT2D eigenvalue weighted by molar-refractivity contribution is 7.94. The van der Waals surface area contributed by atoms with Crippen molar-refractivity contribution in [2.75, 3.05) is 4.72 Å². The van der Waals surface area contributed by atoms with E-state index in [0.29, 0.717) is 0 Å². The second kappa shape index (κ2) is 5.70. The number of thiophene rings is 1. The third kappa shape index (κ3) is 3.39. The number of alkyl halides is 2. The number of sulfone groups is 1.